The molecule has 0 saturated carbocycles. The Morgan fingerprint density at radius 3 is 2.74 bits per heavy atom. The molecule has 1 unspecified atom stereocenters. The molecule has 1 atom stereocenters. The van der Waals surface area contributed by atoms with Crippen LogP contribution in [0.3, 0.4) is 0 Å². The van der Waals surface area contributed by atoms with Gasteiger partial charge < -0.3 is 4.90 Å². The average Bonchev–Trinajstić information content (AvgIpc) is 3.24. The summed E-state index contributed by atoms with van der Waals surface area (Å²) < 4.78 is 23.5. The van der Waals surface area contributed by atoms with Crippen molar-refractivity contribution in [3.05, 3.63) is 52.4 Å². The molecule has 2 heterocycles. The fraction of sp³-hybridized carbons (Fsp3) is 0.350. The standard InChI is InChI=1S/C20H22ClNO3S2/c1-2-12-22(15-11-13-27(24,25)14-15)20(23)10-8-16-7-9-19(26-16)17-5-3-4-6-18(17)21/h3-10,15H,2,11-14H2,1H3. The fourth-order valence-corrected chi connectivity index (χ4v) is 6.21. The number of sulfone groups is 1. The van der Waals surface area contributed by atoms with Crippen molar-refractivity contribution in [2.24, 2.45) is 0 Å². The van der Waals surface area contributed by atoms with Crippen molar-refractivity contribution in [1.82, 2.24) is 4.90 Å². The first-order valence-electron chi connectivity index (χ1n) is 8.93. The van der Waals surface area contributed by atoms with E-state index in [-0.39, 0.29) is 23.5 Å². The van der Waals surface area contributed by atoms with Crippen LogP contribution in [0, 0.1) is 0 Å². The zero-order valence-electron chi connectivity index (χ0n) is 15.1. The molecule has 1 fully saturated rings. The Hall–Kier alpha value is -1.63. The van der Waals surface area contributed by atoms with Crippen LogP contribution in [0.4, 0.5) is 0 Å². The minimum absolute atomic E-state index is 0.0717. The van der Waals surface area contributed by atoms with Gasteiger partial charge in [0.15, 0.2) is 9.84 Å². The van der Waals surface area contributed by atoms with Gasteiger partial charge >= 0.3 is 0 Å². The van der Waals surface area contributed by atoms with Crippen molar-refractivity contribution in [3.63, 3.8) is 0 Å². The monoisotopic (exact) mass is 423 g/mol. The lowest BCUT2D eigenvalue weighted by Gasteiger charge is -2.26. The van der Waals surface area contributed by atoms with E-state index in [9.17, 15) is 13.2 Å². The van der Waals surface area contributed by atoms with Crippen LogP contribution in [0.2, 0.25) is 5.02 Å². The van der Waals surface area contributed by atoms with Gasteiger partial charge in [0.2, 0.25) is 5.91 Å². The lowest BCUT2D eigenvalue weighted by molar-refractivity contribution is -0.127. The largest absolute Gasteiger partial charge is 0.335 e. The van der Waals surface area contributed by atoms with Crippen LogP contribution in [0.25, 0.3) is 16.5 Å². The summed E-state index contributed by atoms with van der Waals surface area (Å²) in [5.41, 5.74) is 0.971. The SMILES string of the molecule is CCCN(C(=O)C=Cc1ccc(-c2ccccc2Cl)s1)C1CCS(=O)(=O)C1. The molecule has 1 aliphatic heterocycles. The van der Waals surface area contributed by atoms with Gasteiger partial charge in [-0.1, -0.05) is 36.7 Å². The van der Waals surface area contributed by atoms with Gasteiger partial charge in [-0.15, -0.1) is 11.3 Å². The maximum absolute atomic E-state index is 12.7. The van der Waals surface area contributed by atoms with E-state index in [1.165, 1.54) is 0 Å². The van der Waals surface area contributed by atoms with Gasteiger partial charge in [0.1, 0.15) is 0 Å². The summed E-state index contributed by atoms with van der Waals surface area (Å²) in [7, 11) is -3.02. The number of hydrogen-bond acceptors (Lipinski definition) is 4. The number of halogens is 1. The molecule has 1 saturated heterocycles. The quantitative estimate of drug-likeness (QED) is 0.642. The molecule has 1 amide bonds. The van der Waals surface area contributed by atoms with Gasteiger partial charge in [-0.25, -0.2) is 8.42 Å². The molecule has 4 nitrogen and oxygen atoms in total. The predicted octanol–water partition coefficient (Wildman–Crippen LogP) is 4.51. The summed E-state index contributed by atoms with van der Waals surface area (Å²) in [6.45, 7) is 2.56. The summed E-state index contributed by atoms with van der Waals surface area (Å²) >= 11 is 7.81. The van der Waals surface area contributed by atoms with Gasteiger partial charge in [0, 0.05) is 39.0 Å². The van der Waals surface area contributed by atoms with Crippen LogP contribution in [0.5, 0.6) is 0 Å². The molecule has 27 heavy (non-hydrogen) atoms. The zero-order chi connectivity index (χ0) is 19.4. The summed E-state index contributed by atoms with van der Waals surface area (Å²) in [6.07, 6.45) is 4.66. The third kappa shape index (κ3) is 5.00. The Labute approximate surface area is 169 Å². The van der Waals surface area contributed by atoms with E-state index in [1.807, 2.05) is 43.3 Å². The van der Waals surface area contributed by atoms with E-state index in [0.29, 0.717) is 18.0 Å². The smallest absolute Gasteiger partial charge is 0.246 e. The second-order valence-corrected chi connectivity index (χ2v) is 10.4. The van der Waals surface area contributed by atoms with E-state index >= 15 is 0 Å². The zero-order valence-corrected chi connectivity index (χ0v) is 17.5. The third-order valence-electron chi connectivity index (χ3n) is 4.55. The van der Waals surface area contributed by atoms with Crippen molar-refractivity contribution in [2.45, 2.75) is 25.8 Å². The highest BCUT2D eigenvalue weighted by atomic mass is 35.5. The van der Waals surface area contributed by atoms with Crippen LogP contribution in [0.15, 0.2) is 42.5 Å². The Morgan fingerprint density at radius 1 is 1.30 bits per heavy atom. The molecular weight excluding hydrogens is 402 g/mol. The van der Waals surface area contributed by atoms with Gasteiger partial charge in [0.05, 0.1) is 11.5 Å². The normalized spacial score (nSPS) is 18.8. The van der Waals surface area contributed by atoms with Crippen LogP contribution < -0.4 is 0 Å². The first-order valence-corrected chi connectivity index (χ1v) is 11.9. The molecule has 144 valence electrons. The lowest BCUT2D eigenvalue weighted by atomic mass is 10.2. The summed E-state index contributed by atoms with van der Waals surface area (Å²) in [5.74, 6) is 0.107. The summed E-state index contributed by atoms with van der Waals surface area (Å²) in [4.78, 5) is 16.4. The summed E-state index contributed by atoms with van der Waals surface area (Å²) in [6, 6.07) is 11.4. The van der Waals surface area contributed by atoms with Gasteiger partial charge in [-0.05, 0) is 37.1 Å². The van der Waals surface area contributed by atoms with Crippen molar-refractivity contribution >= 4 is 44.8 Å². The Kier molecular flexibility index (Phi) is 6.40. The van der Waals surface area contributed by atoms with E-state index < -0.39 is 9.84 Å². The summed E-state index contributed by atoms with van der Waals surface area (Å²) in [5, 5.41) is 0.697. The number of carbonyl (C=O) groups is 1. The fourth-order valence-electron chi connectivity index (χ4n) is 3.23. The lowest BCUT2D eigenvalue weighted by Crippen LogP contribution is -2.40. The number of nitrogens with zero attached hydrogens (tertiary/aromatic N) is 1. The molecule has 0 spiro atoms. The van der Waals surface area contributed by atoms with Crippen LogP contribution in [0.1, 0.15) is 24.6 Å². The average molecular weight is 424 g/mol. The Morgan fingerprint density at radius 2 is 2.07 bits per heavy atom. The molecule has 1 aromatic heterocycles. The molecule has 1 aliphatic rings. The second kappa shape index (κ2) is 8.59. The van der Waals surface area contributed by atoms with Crippen LogP contribution in [-0.2, 0) is 14.6 Å². The molecule has 0 aliphatic carbocycles. The number of thiophene rings is 1. The van der Waals surface area contributed by atoms with Crippen LogP contribution >= 0.6 is 22.9 Å². The Balaban J connectivity index is 1.73. The van der Waals surface area contributed by atoms with Crippen molar-refractivity contribution in [3.8, 4) is 10.4 Å². The molecule has 7 heteroatoms. The van der Waals surface area contributed by atoms with Gasteiger partial charge in [-0.3, -0.25) is 4.79 Å². The van der Waals surface area contributed by atoms with Crippen LogP contribution in [-0.4, -0.2) is 43.3 Å². The van der Waals surface area contributed by atoms with Gasteiger partial charge in [0.25, 0.3) is 0 Å². The van der Waals surface area contributed by atoms with E-state index in [1.54, 1.807) is 28.4 Å². The number of benzene rings is 1. The maximum atomic E-state index is 12.7. The number of hydrogen-bond donors (Lipinski definition) is 0. The second-order valence-electron chi connectivity index (χ2n) is 6.60. The van der Waals surface area contributed by atoms with Crippen molar-refractivity contribution in [1.29, 1.82) is 0 Å². The van der Waals surface area contributed by atoms with Crippen molar-refractivity contribution < 1.29 is 13.2 Å². The third-order valence-corrected chi connectivity index (χ3v) is 7.72. The highest BCUT2D eigenvalue weighted by molar-refractivity contribution is 7.91. The first-order chi connectivity index (χ1) is 12.9. The molecule has 2 aromatic rings. The highest BCUT2D eigenvalue weighted by Crippen LogP contribution is 2.33. The molecule has 0 bridgehead atoms. The maximum Gasteiger partial charge on any atom is 0.246 e. The Bertz CT molecular complexity index is 950. The minimum atomic E-state index is -3.02. The highest BCUT2D eigenvalue weighted by Gasteiger charge is 2.33. The minimum Gasteiger partial charge on any atom is -0.335 e. The van der Waals surface area contributed by atoms with Crippen molar-refractivity contribution in [2.75, 3.05) is 18.1 Å². The number of carbonyl (C=O) groups excluding carboxylic acids is 1. The van der Waals surface area contributed by atoms with E-state index in [4.69, 9.17) is 11.6 Å². The van der Waals surface area contributed by atoms with Gasteiger partial charge in [-0.2, -0.15) is 0 Å². The van der Waals surface area contributed by atoms with E-state index in [2.05, 4.69) is 0 Å². The topological polar surface area (TPSA) is 54.5 Å². The predicted molar refractivity (Wildman–Crippen MR) is 113 cm³/mol. The molecule has 0 radical (unpaired) electrons. The molecule has 1 aromatic carbocycles. The molecule has 0 N–H and O–H groups in total. The molecule has 3 rings (SSSR count). The number of amides is 1. The first kappa shape index (κ1) is 20.1. The molecular formula is C20H22ClNO3S2. The number of rotatable bonds is 6. The van der Waals surface area contributed by atoms with E-state index in [0.717, 1.165) is 21.7 Å².